The maximum absolute atomic E-state index is 12.7. The van der Waals surface area contributed by atoms with E-state index in [0.717, 1.165) is 4.90 Å². The third-order valence-electron chi connectivity index (χ3n) is 4.19. The summed E-state index contributed by atoms with van der Waals surface area (Å²) in [6, 6.07) is -1.84. The van der Waals surface area contributed by atoms with Gasteiger partial charge in [0.25, 0.3) is 0 Å². The van der Waals surface area contributed by atoms with Crippen molar-refractivity contribution in [3.05, 3.63) is 0 Å². The molecule has 3 atom stereocenters. The number of carbonyl (C=O) groups excluding carboxylic acids is 4. The molecule has 9 nitrogen and oxygen atoms in total. The van der Waals surface area contributed by atoms with Crippen molar-refractivity contribution in [3.63, 3.8) is 0 Å². The fourth-order valence-electron chi connectivity index (χ4n) is 2.67. The lowest BCUT2D eigenvalue weighted by Crippen LogP contribution is -2.55. The quantitative estimate of drug-likeness (QED) is 0.584. The topological polar surface area (TPSA) is 116 Å². The third kappa shape index (κ3) is 9.74. The molecule has 0 aliphatic carbocycles. The number of aliphatic hydroxyl groups excluding tert-OH is 1. The highest BCUT2D eigenvalue weighted by molar-refractivity contribution is 5.92. The first-order valence-corrected chi connectivity index (χ1v) is 9.75. The fraction of sp³-hybridized carbons (Fsp3) is 0.800. The maximum Gasteiger partial charge on any atom is 0.408 e. The molecule has 0 aliphatic rings. The lowest BCUT2D eigenvalue weighted by Gasteiger charge is -2.31. The molecule has 0 rings (SSSR count). The first-order valence-electron chi connectivity index (χ1n) is 9.75. The van der Waals surface area contributed by atoms with Crippen LogP contribution in [0.4, 0.5) is 4.79 Å². The Bertz CT molecular complexity index is 598. The van der Waals surface area contributed by atoms with Gasteiger partial charge in [0.1, 0.15) is 11.6 Å². The van der Waals surface area contributed by atoms with Gasteiger partial charge < -0.3 is 25.0 Å². The van der Waals surface area contributed by atoms with Gasteiger partial charge in [0.15, 0.2) is 5.78 Å². The highest BCUT2D eigenvalue weighted by Crippen LogP contribution is 2.12. The first kappa shape index (κ1) is 26.8. The number of Topliss-reactive ketones (excluding diaryl/α,β-unsaturated/α-hetero) is 1. The van der Waals surface area contributed by atoms with E-state index >= 15 is 0 Å². The highest BCUT2D eigenvalue weighted by Gasteiger charge is 2.32. The second-order valence-corrected chi connectivity index (χ2v) is 8.82. The Hall–Kier alpha value is -2.16. The SMILES string of the molecule is CC(=O)[C@H](CC(C)C)N(C)C(=O)CN(C)C(=O)[C@@H](NC(=O)OC(C)(C)C)[C@@H](C)O. The smallest absolute Gasteiger partial charge is 0.408 e. The number of hydrogen-bond donors (Lipinski definition) is 2. The second-order valence-electron chi connectivity index (χ2n) is 8.82. The summed E-state index contributed by atoms with van der Waals surface area (Å²) in [6.07, 6.45) is -1.52. The maximum atomic E-state index is 12.7. The van der Waals surface area contributed by atoms with Crippen molar-refractivity contribution in [1.82, 2.24) is 15.1 Å². The van der Waals surface area contributed by atoms with Gasteiger partial charge >= 0.3 is 6.09 Å². The number of aliphatic hydroxyl groups is 1. The van der Waals surface area contributed by atoms with Crippen LogP contribution >= 0.6 is 0 Å². The minimum Gasteiger partial charge on any atom is -0.444 e. The molecule has 0 aromatic rings. The molecular formula is C20H37N3O6. The molecule has 0 saturated heterocycles. The van der Waals surface area contributed by atoms with E-state index in [2.05, 4.69) is 5.32 Å². The van der Waals surface area contributed by atoms with Crippen LogP contribution in [0.2, 0.25) is 0 Å². The average molecular weight is 416 g/mol. The van der Waals surface area contributed by atoms with E-state index in [1.54, 1.807) is 20.8 Å². The van der Waals surface area contributed by atoms with Crippen LogP contribution in [-0.4, -0.2) is 83.0 Å². The van der Waals surface area contributed by atoms with E-state index < -0.39 is 41.7 Å². The number of alkyl carbamates (subject to hydrolysis) is 1. The molecular weight excluding hydrogens is 378 g/mol. The van der Waals surface area contributed by atoms with Crippen molar-refractivity contribution in [3.8, 4) is 0 Å². The monoisotopic (exact) mass is 415 g/mol. The molecule has 0 heterocycles. The molecule has 0 unspecified atom stereocenters. The Morgan fingerprint density at radius 1 is 1.07 bits per heavy atom. The lowest BCUT2D eigenvalue weighted by molar-refractivity contribution is -0.144. The van der Waals surface area contributed by atoms with Crippen molar-refractivity contribution in [1.29, 1.82) is 0 Å². The van der Waals surface area contributed by atoms with Crippen molar-refractivity contribution >= 4 is 23.7 Å². The molecule has 3 amide bonds. The zero-order chi connectivity index (χ0) is 23.1. The molecule has 0 fully saturated rings. The molecule has 0 aromatic heterocycles. The van der Waals surface area contributed by atoms with E-state index in [-0.39, 0.29) is 18.2 Å². The number of hydrogen-bond acceptors (Lipinski definition) is 6. The number of rotatable bonds is 9. The molecule has 0 saturated carbocycles. The summed E-state index contributed by atoms with van der Waals surface area (Å²) < 4.78 is 5.12. The molecule has 0 aromatic carbocycles. The van der Waals surface area contributed by atoms with Gasteiger partial charge in [-0.2, -0.15) is 0 Å². The van der Waals surface area contributed by atoms with Crippen molar-refractivity contribution < 1.29 is 29.0 Å². The van der Waals surface area contributed by atoms with Crippen LogP contribution in [0, 0.1) is 5.92 Å². The summed E-state index contributed by atoms with van der Waals surface area (Å²) >= 11 is 0. The molecule has 0 spiro atoms. The van der Waals surface area contributed by atoms with Crippen LogP contribution < -0.4 is 5.32 Å². The van der Waals surface area contributed by atoms with Gasteiger partial charge in [-0.1, -0.05) is 13.8 Å². The minimum atomic E-state index is -1.27. The zero-order valence-electron chi connectivity index (χ0n) is 19.1. The summed E-state index contributed by atoms with van der Waals surface area (Å²) in [4.78, 5) is 51.6. The number of amides is 3. The molecule has 9 heteroatoms. The summed E-state index contributed by atoms with van der Waals surface area (Å²) in [5, 5.41) is 12.3. The third-order valence-corrected chi connectivity index (χ3v) is 4.19. The Morgan fingerprint density at radius 2 is 1.59 bits per heavy atom. The number of ether oxygens (including phenoxy) is 1. The van der Waals surface area contributed by atoms with Gasteiger partial charge in [-0.15, -0.1) is 0 Å². The van der Waals surface area contributed by atoms with Crippen LogP contribution in [0.25, 0.3) is 0 Å². The van der Waals surface area contributed by atoms with Crippen molar-refractivity contribution in [2.75, 3.05) is 20.6 Å². The summed E-state index contributed by atoms with van der Waals surface area (Å²) in [7, 11) is 2.92. The van der Waals surface area contributed by atoms with Gasteiger partial charge in [0, 0.05) is 14.1 Å². The number of nitrogens with zero attached hydrogens (tertiary/aromatic N) is 2. The molecule has 0 radical (unpaired) electrons. The largest absolute Gasteiger partial charge is 0.444 e. The van der Waals surface area contributed by atoms with E-state index in [1.165, 1.54) is 32.8 Å². The van der Waals surface area contributed by atoms with E-state index in [9.17, 15) is 24.3 Å². The molecule has 0 bridgehead atoms. The predicted molar refractivity (Wildman–Crippen MR) is 109 cm³/mol. The minimum absolute atomic E-state index is 0.128. The Morgan fingerprint density at radius 3 is 1.97 bits per heavy atom. The number of nitrogens with one attached hydrogen (secondary N) is 1. The number of carbonyl (C=O) groups is 4. The summed E-state index contributed by atoms with van der Waals surface area (Å²) in [5.41, 5.74) is -0.765. The van der Waals surface area contributed by atoms with E-state index in [1.807, 2.05) is 13.8 Å². The van der Waals surface area contributed by atoms with E-state index in [4.69, 9.17) is 4.74 Å². The van der Waals surface area contributed by atoms with Gasteiger partial charge in [0.05, 0.1) is 18.7 Å². The standard InChI is InChI=1S/C20H37N3O6/c1-12(2)10-15(13(3)24)23(9)16(26)11-22(8)18(27)17(14(4)25)21-19(28)29-20(5,6)7/h12,14-15,17,25H,10-11H2,1-9H3,(H,21,28)/t14-,15+,17+/m1/s1. The molecule has 2 N–H and O–H groups in total. The molecule has 29 heavy (non-hydrogen) atoms. The highest BCUT2D eigenvalue weighted by atomic mass is 16.6. The molecule has 168 valence electrons. The van der Waals surface area contributed by atoms with Crippen molar-refractivity contribution in [2.24, 2.45) is 5.92 Å². The Balaban J connectivity index is 5.15. The normalized spacial score (nSPS) is 14.6. The molecule has 0 aliphatic heterocycles. The van der Waals surface area contributed by atoms with Crippen LogP contribution in [-0.2, 0) is 19.1 Å². The van der Waals surface area contributed by atoms with E-state index in [0.29, 0.717) is 6.42 Å². The zero-order valence-corrected chi connectivity index (χ0v) is 19.1. The Kier molecular flexibility index (Phi) is 10.3. The van der Waals surface area contributed by atoms with Gasteiger partial charge in [-0.25, -0.2) is 4.79 Å². The first-order chi connectivity index (χ1) is 13.1. The number of likely N-dealkylation sites (N-methyl/N-ethyl adjacent to an activating group) is 2. The number of ketones is 1. The van der Waals surface area contributed by atoms with Crippen LogP contribution in [0.15, 0.2) is 0 Å². The second kappa shape index (κ2) is 11.1. The lowest BCUT2D eigenvalue weighted by atomic mass is 9.99. The summed E-state index contributed by atoms with van der Waals surface area (Å²) in [5.74, 6) is -0.965. The average Bonchev–Trinajstić information content (AvgIpc) is 2.53. The van der Waals surface area contributed by atoms with Crippen LogP contribution in [0.5, 0.6) is 0 Å². The fourth-order valence-corrected chi connectivity index (χ4v) is 2.67. The van der Waals surface area contributed by atoms with Crippen molar-refractivity contribution in [2.45, 2.75) is 78.7 Å². The van der Waals surface area contributed by atoms with Gasteiger partial charge in [-0.3, -0.25) is 14.4 Å². The Labute approximate surface area is 173 Å². The van der Waals surface area contributed by atoms with Crippen LogP contribution in [0.1, 0.15) is 54.9 Å². The summed E-state index contributed by atoms with van der Waals surface area (Å²) in [6.45, 7) is 11.4. The van der Waals surface area contributed by atoms with Gasteiger partial charge in [-0.05, 0) is 47.0 Å². The van der Waals surface area contributed by atoms with Gasteiger partial charge in [0.2, 0.25) is 11.8 Å². The predicted octanol–water partition coefficient (Wildman–Crippen LogP) is 1.18. The van der Waals surface area contributed by atoms with Crippen LogP contribution in [0.3, 0.4) is 0 Å².